The molecule has 0 saturated carbocycles. The molecule has 154 valence electrons. The van der Waals surface area contributed by atoms with E-state index >= 15 is 0 Å². The summed E-state index contributed by atoms with van der Waals surface area (Å²) in [7, 11) is 0. The SMILES string of the molecule is N#Cc1c(-c2cc3n(n2)CCCNC3)cc(-c2cnn(-c3ccc(F)cc3)c2)nc1N. The molecule has 5 rings (SSSR count). The van der Waals surface area contributed by atoms with Crippen LogP contribution in [0, 0.1) is 17.1 Å². The second-order valence-corrected chi connectivity index (χ2v) is 7.35. The second-order valence-electron chi connectivity index (χ2n) is 7.35. The van der Waals surface area contributed by atoms with Crippen molar-refractivity contribution in [2.24, 2.45) is 0 Å². The first-order valence-corrected chi connectivity index (χ1v) is 9.92. The number of aromatic nitrogens is 5. The Bertz CT molecular complexity index is 1270. The molecule has 1 aliphatic heterocycles. The molecule has 4 heterocycles. The Morgan fingerprint density at radius 1 is 1.16 bits per heavy atom. The van der Waals surface area contributed by atoms with Crippen molar-refractivity contribution in [2.45, 2.75) is 19.5 Å². The Morgan fingerprint density at radius 3 is 2.81 bits per heavy atom. The molecular formula is C22H19FN8. The number of hydrogen-bond acceptors (Lipinski definition) is 6. The van der Waals surface area contributed by atoms with Crippen molar-refractivity contribution in [3.63, 3.8) is 0 Å². The van der Waals surface area contributed by atoms with Gasteiger partial charge >= 0.3 is 0 Å². The number of nitrogens with zero attached hydrogens (tertiary/aromatic N) is 6. The van der Waals surface area contributed by atoms with E-state index in [0.717, 1.165) is 43.0 Å². The van der Waals surface area contributed by atoms with Crippen LogP contribution >= 0.6 is 0 Å². The van der Waals surface area contributed by atoms with Crippen molar-refractivity contribution < 1.29 is 4.39 Å². The molecule has 31 heavy (non-hydrogen) atoms. The molecule has 9 heteroatoms. The van der Waals surface area contributed by atoms with Crippen molar-refractivity contribution in [3.8, 4) is 34.3 Å². The lowest BCUT2D eigenvalue weighted by Crippen LogP contribution is -2.11. The average molecular weight is 414 g/mol. The lowest BCUT2D eigenvalue weighted by Gasteiger charge is -2.07. The molecule has 3 N–H and O–H groups in total. The number of fused-ring (bicyclic) bond motifs is 1. The van der Waals surface area contributed by atoms with E-state index in [1.54, 1.807) is 29.2 Å². The highest BCUT2D eigenvalue weighted by Gasteiger charge is 2.19. The highest BCUT2D eigenvalue weighted by molar-refractivity contribution is 5.78. The lowest BCUT2D eigenvalue weighted by atomic mass is 10.0. The van der Waals surface area contributed by atoms with Crippen molar-refractivity contribution in [1.29, 1.82) is 5.26 Å². The molecule has 0 saturated heterocycles. The summed E-state index contributed by atoms with van der Waals surface area (Å²) < 4.78 is 16.8. The molecular weight excluding hydrogens is 395 g/mol. The number of anilines is 1. The molecule has 0 radical (unpaired) electrons. The van der Waals surface area contributed by atoms with Gasteiger partial charge in [0.25, 0.3) is 0 Å². The predicted molar refractivity (Wildman–Crippen MR) is 113 cm³/mol. The van der Waals surface area contributed by atoms with Crippen LogP contribution in [0.3, 0.4) is 0 Å². The van der Waals surface area contributed by atoms with Crippen LogP contribution in [0.4, 0.5) is 10.2 Å². The molecule has 4 aromatic rings. The van der Waals surface area contributed by atoms with Gasteiger partial charge in [-0.1, -0.05) is 0 Å². The lowest BCUT2D eigenvalue weighted by molar-refractivity contribution is 0.589. The Kier molecular flexibility index (Phi) is 4.69. The first kappa shape index (κ1) is 19.0. The van der Waals surface area contributed by atoms with Crippen LogP contribution < -0.4 is 11.1 Å². The number of benzene rings is 1. The highest BCUT2D eigenvalue weighted by Crippen LogP contribution is 2.31. The van der Waals surface area contributed by atoms with Gasteiger partial charge < -0.3 is 11.1 Å². The maximum atomic E-state index is 13.2. The molecule has 1 aliphatic rings. The Balaban J connectivity index is 1.57. The van der Waals surface area contributed by atoms with Crippen LogP contribution in [-0.4, -0.2) is 31.1 Å². The molecule has 0 aliphatic carbocycles. The normalized spacial score (nSPS) is 13.4. The third-order valence-corrected chi connectivity index (χ3v) is 5.30. The molecule has 0 bridgehead atoms. The molecule has 0 atom stereocenters. The van der Waals surface area contributed by atoms with Crippen LogP contribution in [-0.2, 0) is 13.1 Å². The van der Waals surface area contributed by atoms with Gasteiger partial charge in [0.1, 0.15) is 23.3 Å². The summed E-state index contributed by atoms with van der Waals surface area (Å²) in [4.78, 5) is 4.41. The largest absolute Gasteiger partial charge is 0.383 e. The zero-order valence-corrected chi connectivity index (χ0v) is 16.6. The zero-order valence-electron chi connectivity index (χ0n) is 16.6. The third kappa shape index (κ3) is 3.53. The van der Waals surface area contributed by atoms with E-state index in [-0.39, 0.29) is 11.6 Å². The number of rotatable bonds is 3. The number of nitriles is 1. The highest BCUT2D eigenvalue weighted by atomic mass is 19.1. The number of nitrogens with one attached hydrogen (secondary N) is 1. The van der Waals surface area contributed by atoms with Crippen molar-refractivity contribution in [1.82, 2.24) is 29.9 Å². The van der Waals surface area contributed by atoms with Gasteiger partial charge in [-0.05, 0) is 49.4 Å². The van der Waals surface area contributed by atoms with Crippen LogP contribution in [0.1, 0.15) is 17.7 Å². The summed E-state index contributed by atoms with van der Waals surface area (Å²) in [6, 6.07) is 12.0. The zero-order chi connectivity index (χ0) is 21.4. The first-order valence-electron chi connectivity index (χ1n) is 9.92. The van der Waals surface area contributed by atoms with E-state index in [4.69, 9.17) is 10.8 Å². The number of nitrogen functional groups attached to an aromatic ring is 1. The van der Waals surface area contributed by atoms with Gasteiger partial charge in [0.2, 0.25) is 0 Å². The van der Waals surface area contributed by atoms with Gasteiger partial charge in [-0.25, -0.2) is 14.1 Å². The van der Waals surface area contributed by atoms with Gasteiger partial charge in [-0.3, -0.25) is 4.68 Å². The van der Waals surface area contributed by atoms with Crippen LogP contribution in [0.25, 0.3) is 28.2 Å². The summed E-state index contributed by atoms with van der Waals surface area (Å²) in [6.07, 6.45) is 4.44. The fraction of sp³-hybridized carbons (Fsp3) is 0.182. The summed E-state index contributed by atoms with van der Waals surface area (Å²) >= 11 is 0. The predicted octanol–water partition coefficient (Wildman–Crippen LogP) is 2.88. The van der Waals surface area contributed by atoms with E-state index in [2.05, 4.69) is 21.5 Å². The average Bonchev–Trinajstić information content (AvgIpc) is 3.36. The van der Waals surface area contributed by atoms with Gasteiger partial charge in [-0.15, -0.1) is 0 Å². The minimum Gasteiger partial charge on any atom is -0.383 e. The van der Waals surface area contributed by atoms with Gasteiger partial charge in [-0.2, -0.15) is 15.5 Å². The summed E-state index contributed by atoms with van der Waals surface area (Å²) in [5.74, 6) is -0.165. The molecule has 1 aromatic carbocycles. The van der Waals surface area contributed by atoms with Crippen LogP contribution in [0.2, 0.25) is 0 Å². The maximum absolute atomic E-state index is 13.2. The quantitative estimate of drug-likeness (QED) is 0.533. The fourth-order valence-corrected chi connectivity index (χ4v) is 3.72. The topological polar surface area (TPSA) is 110 Å². The minimum absolute atomic E-state index is 0.144. The van der Waals surface area contributed by atoms with E-state index in [1.165, 1.54) is 12.1 Å². The minimum atomic E-state index is -0.309. The van der Waals surface area contributed by atoms with Gasteiger partial charge in [0.05, 0.1) is 29.0 Å². The first-order chi connectivity index (χ1) is 15.1. The fourth-order valence-electron chi connectivity index (χ4n) is 3.72. The number of halogens is 1. The van der Waals surface area contributed by atoms with Gasteiger partial charge in [0, 0.05) is 30.4 Å². The Morgan fingerprint density at radius 2 is 2.00 bits per heavy atom. The maximum Gasteiger partial charge on any atom is 0.142 e. The number of nitrogens with two attached hydrogens (primary N) is 1. The molecule has 0 spiro atoms. The van der Waals surface area contributed by atoms with Crippen LogP contribution in [0.5, 0.6) is 0 Å². The standard InChI is InChI=1S/C22H19FN8/c23-15-2-4-16(5-3-15)31-13-14(11-27-31)20-9-18(19(10-24)22(25)28-20)21-8-17-12-26-6-1-7-30(17)29-21/h2-5,8-9,11,13,26H,1,6-7,12H2,(H2,25,28). The monoisotopic (exact) mass is 414 g/mol. The van der Waals surface area contributed by atoms with Crippen LogP contribution in [0.15, 0.2) is 48.8 Å². The van der Waals surface area contributed by atoms with E-state index in [0.29, 0.717) is 22.5 Å². The van der Waals surface area contributed by atoms with E-state index < -0.39 is 0 Å². The molecule has 8 nitrogen and oxygen atoms in total. The second kappa shape index (κ2) is 7.66. The Hall–Kier alpha value is -4.03. The summed E-state index contributed by atoms with van der Waals surface area (Å²) in [5, 5.41) is 22.1. The number of aryl methyl sites for hydroxylation is 1. The molecule has 0 unspecified atom stereocenters. The van der Waals surface area contributed by atoms with E-state index in [9.17, 15) is 9.65 Å². The van der Waals surface area contributed by atoms with Crippen molar-refractivity contribution in [2.75, 3.05) is 12.3 Å². The molecule has 3 aromatic heterocycles. The Labute approximate surface area is 177 Å². The summed E-state index contributed by atoms with van der Waals surface area (Å²) in [5.41, 5.74) is 10.9. The molecule has 0 amide bonds. The summed E-state index contributed by atoms with van der Waals surface area (Å²) in [6.45, 7) is 2.50. The molecule has 0 fully saturated rings. The number of hydrogen-bond donors (Lipinski definition) is 2. The third-order valence-electron chi connectivity index (χ3n) is 5.30. The van der Waals surface area contributed by atoms with Crippen molar-refractivity contribution in [3.05, 3.63) is 65.9 Å². The van der Waals surface area contributed by atoms with Crippen molar-refractivity contribution >= 4 is 5.82 Å². The van der Waals surface area contributed by atoms with E-state index in [1.807, 2.05) is 16.8 Å². The smallest absolute Gasteiger partial charge is 0.142 e. The van der Waals surface area contributed by atoms with Gasteiger partial charge in [0.15, 0.2) is 0 Å². The number of pyridine rings is 1.